The van der Waals surface area contributed by atoms with Gasteiger partial charge in [0, 0.05) is 0 Å². The number of ether oxygens (including phenoxy) is 1. The van der Waals surface area contributed by atoms with Crippen molar-refractivity contribution in [3.63, 3.8) is 0 Å². The van der Waals surface area contributed by atoms with E-state index in [-0.39, 0.29) is 6.61 Å². The molecule has 3 heterocycles. The Balaban J connectivity index is 1.97. The number of nitrogens with zero attached hydrogens (tertiary/aromatic N) is 4. The average Bonchev–Trinajstić information content (AvgIpc) is 3.03. The first-order chi connectivity index (χ1) is 9.67. The summed E-state index contributed by atoms with van der Waals surface area (Å²) < 4.78 is 7.42. The van der Waals surface area contributed by atoms with Crippen molar-refractivity contribution < 1.29 is 15.1 Å². The van der Waals surface area contributed by atoms with E-state index in [0.717, 1.165) is 0 Å². The molecule has 0 bridgehead atoms. The molecular weight excluding hydrogens is 266 g/mol. The smallest absolute Gasteiger partial charge is 0.346 e. The van der Waals surface area contributed by atoms with E-state index in [1.165, 1.54) is 18.7 Å². The van der Waals surface area contributed by atoms with Crippen LogP contribution in [0.2, 0.25) is 0 Å². The monoisotopic (exact) mass is 279 g/mol. The van der Waals surface area contributed by atoms with Crippen molar-refractivity contribution in [2.75, 3.05) is 6.61 Å². The van der Waals surface area contributed by atoms with Crippen LogP contribution in [-0.2, 0) is 4.74 Å². The van der Waals surface area contributed by atoms with Crippen LogP contribution in [-0.4, -0.2) is 48.3 Å². The van der Waals surface area contributed by atoms with Crippen LogP contribution in [0.1, 0.15) is 19.1 Å². The van der Waals surface area contributed by atoms with Gasteiger partial charge in [-0.15, -0.1) is 0 Å². The lowest BCUT2D eigenvalue weighted by Crippen LogP contribution is -2.35. The van der Waals surface area contributed by atoms with Crippen molar-refractivity contribution in [3.8, 4) is 0 Å². The minimum absolute atomic E-state index is 0.293. The number of hydrogen-bond donors (Lipinski definition) is 3. The van der Waals surface area contributed by atoms with Gasteiger partial charge in [-0.25, -0.2) is 9.78 Å². The molecule has 1 fully saturated rings. The molecule has 20 heavy (non-hydrogen) atoms. The summed E-state index contributed by atoms with van der Waals surface area (Å²) in [5.41, 5.74) is -0.429. The first-order valence-corrected chi connectivity index (χ1v) is 6.06. The molecule has 1 unspecified atom stereocenters. The predicted octanol–water partition coefficient (Wildman–Crippen LogP) is -0.380. The number of aliphatic hydroxyl groups is 1. The van der Waals surface area contributed by atoms with Crippen LogP contribution in [0, 0.1) is 0 Å². The van der Waals surface area contributed by atoms with Crippen molar-refractivity contribution in [1.82, 2.24) is 19.5 Å². The molecule has 1 saturated heterocycles. The Bertz CT molecular complexity index is 708. The number of fused-ring (bicyclic) bond motifs is 1. The molecule has 1 aliphatic heterocycles. The van der Waals surface area contributed by atoms with Crippen LogP contribution < -0.4 is 5.69 Å². The summed E-state index contributed by atoms with van der Waals surface area (Å²) in [6.07, 6.45) is 4.76. The maximum atomic E-state index is 11.3. The van der Waals surface area contributed by atoms with Crippen LogP contribution in [0.25, 0.3) is 11.2 Å². The van der Waals surface area contributed by atoms with E-state index in [9.17, 15) is 9.90 Å². The largest absolute Gasteiger partial charge is 0.411 e. The fourth-order valence-electron chi connectivity index (χ4n) is 2.38. The van der Waals surface area contributed by atoms with Crippen molar-refractivity contribution in [2.45, 2.75) is 24.7 Å². The zero-order valence-corrected chi connectivity index (χ0v) is 10.4. The first kappa shape index (κ1) is 12.8. The predicted molar refractivity (Wildman–Crippen MR) is 67.6 cm³/mol. The second kappa shape index (κ2) is 4.69. The summed E-state index contributed by atoms with van der Waals surface area (Å²) in [5, 5.41) is 21.0. The van der Waals surface area contributed by atoms with Gasteiger partial charge in [0.25, 0.3) is 0 Å². The number of oxime groups is 1. The highest BCUT2D eigenvalue weighted by molar-refractivity contribution is 5.70. The lowest BCUT2D eigenvalue weighted by Gasteiger charge is -2.22. The zero-order chi connectivity index (χ0) is 14.2. The third kappa shape index (κ3) is 1.96. The average molecular weight is 279 g/mol. The number of hydrogen-bond acceptors (Lipinski definition) is 7. The fourth-order valence-corrected chi connectivity index (χ4v) is 2.38. The molecule has 0 saturated carbocycles. The summed E-state index contributed by atoms with van der Waals surface area (Å²) in [6.45, 7) is -0.293. The van der Waals surface area contributed by atoms with E-state index >= 15 is 0 Å². The second-order valence-corrected chi connectivity index (χ2v) is 4.65. The SMILES string of the molecule is O=c1ncc2ncn([C@H]3CCC(C=NO)(CO)O3)c2[nH]1. The number of aliphatic hydroxyl groups excluding tert-OH is 1. The molecule has 1 aliphatic rings. The Labute approximate surface area is 112 Å². The molecule has 106 valence electrons. The molecule has 3 N–H and O–H groups in total. The molecule has 0 aliphatic carbocycles. The first-order valence-electron chi connectivity index (χ1n) is 6.06. The van der Waals surface area contributed by atoms with E-state index < -0.39 is 17.5 Å². The molecule has 0 amide bonds. The van der Waals surface area contributed by atoms with E-state index in [4.69, 9.17) is 9.94 Å². The van der Waals surface area contributed by atoms with Gasteiger partial charge in [-0.05, 0) is 12.8 Å². The molecule has 2 aromatic heterocycles. The topological polar surface area (TPSA) is 126 Å². The zero-order valence-electron chi connectivity index (χ0n) is 10.4. The normalized spacial score (nSPS) is 26.8. The Morgan fingerprint density at radius 1 is 1.65 bits per heavy atom. The lowest BCUT2D eigenvalue weighted by atomic mass is 10.0. The number of H-pyrrole nitrogens is 1. The maximum Gasteiger partial charge on any atom is 0.346 e. The molecule has 2 aromatic rings. The van der Waals surface area contributed by atoms with Crippen LogP contribution in [0.4, 0.5) is 0 Å². The fraction of sp³-hybridized carbons (Fsp3) is 0.455. The quantitative estimate of drug-likeness (QED) is 0.399. The van der Waals surface area contributed by atoms with Gasteiger partial charge in [0.15, 0.2) is 0 Å². The highest BCUT2D eigenvalue weighted by Gasteiger charge is 2.40. The Kier molecular flexibility index (Phi) is 2.99. The number of nitrogens with one attached hydrogen (secondary N) is 1. The minimum atomic E-state index is -1.01. The van der Waals surface area contributed by atoms with Gasteiger partial charge < -0.3 is 15.1 Å². The number of rotatable bonds is 3. The van der Waals surface area contributed by atoms with Gasteiger partial charge in [0.05, 0.1) is 25.3 Å². The third-order valence-electron chi connectivity index (χ3n) is 3.41. The third-order valence-corrected chi connectivity index (χ3v) is 3.41. The van der Waals surface area contributed by atoms with Gasteiger partial charge in [0.2, 0.25) is 0 Å². The van der Waals surface area contributed by atoms with Crippen molar-refractivity contribution in [2.24, 2.45) is 5.16 Å². The molecule has 0 radical (unpaired) electrons. The standard InChI is InChI=1S/C11H13N5O4/c17-5-11(4-14-19)2-1-8(20-11)16-6-13-7-3-12-10(18)15-9(7)16/h3-4,6,8,17,19H,1-2,5H2,(H,12,15,18)/t8-,11?/m1/s1. The summed E-state index contributed by atoms with van der Waals surface area (Å²) in [6, 6.07) is 0. The Hall–Kier alpha value is -2.26. The number of aromatic nitrogens is 4. The van der Waals surface area contributed by atoms with Gasteiger partial charge in [-0.1, -0.05) is 5.16 Å². The summed E-state index contributed by atoms with van der Waals surface area (Å²) in [7, 11) is 0. The van der Waals surface area contributed by atoms with Gasteiger partial charge in [0.1, 0.15) is 23.0 Å². The minimum Gasteiger partial charge on any atom is -0.411 e. The van der Waals surface area contributed by atoms with Crippen LogP contribution in [0.3, 0.4) is 0 Å². The van der Waals surface area contributed by atoms with Crippen LogP contribution in [0.5, 0.6) is 0 Å². The lowest BCUT2D eigenvalue weighted by molar-refractivity contribution is -0.0539. The highest BCUT2D eigenvalue weighted by atomic mass is 16.5. The number of imidazole rings is 1. The van der Waals surface area contributed by atoms with Gasteiger partial charge in [-0.3, -0.25) is 9.55 Å². The van der Waals surface area contributed by atoms with Gasteiger partial charge >= 0.3 is 5.69 Å². The molecular formula is C11H13N5O4. The maximum absolute atomic E-state index is 11.3. The molecule has 9 nitrogen and oxygen atoms in total. The van der Waals surface area contributed by atoms with Crippen LogP contribution in [0.15, 0.2) is 22.5 Å². The van der Waals surface area contributed by atoms with E-state index in [2.05, 4.69) is 20.1 Å². The van der Waals surface area contributed by atoms with Crippen LogP contribution >= 0.6 is 0 Å². The summed E-state index contributed by atoms with van der Waals surface area (Å²) >= 11 is 0. The Morgan fingerprint density at radius 2 is 2.50 bits per heavy atom. The van der Waals surface area contributed by atoms with E-state index in [1.54, 1.807) is 4.57 Å². The van der Waals surface area contributed by atoms with E-state index in [0.29, 0.717) is 24.0 Å². The van der Waals surface area contributed by atoms with Crippen molar-refractivity contribution in [3.05, 3.63) is 23.0 Å². The van der Waals surface area contributed by atoms with Crippen molar-refractivity contribution in [1.29, 1.82) is 0 Å². The molecule has 0 spiro atoms. The van der Waals surface area contributed by atoms with Gasteiger partial charge in [-0.2, -0.15) is 4.98 Å². The van der Waals surface area contributed by atoms with Crippen molar-refractivity contribution >= 4 is 17.4 Å². The molecule has 0 aromatic carbocycles. The molecule has 3 rings (SSSR count). The highest BCUT2D eigenvalue weighted by Crippen LogP contribution is 2.36. The number of aromatic amines is 1. The summed E-state index contributed by atoms with van der Waals surface area (Å²) in [4.78, 5) is 21.6. The summed E-state index contributed by atoms with van der Waals surface area (Å²) in [5.74, 6) is 0. The molecule has 9 heteroatoms. The van der Waals surface area contributed by atoms with E-state index in [1.807, 2.05) is 0 Å². The second-order valence-electron chi connectivity index (χ2n) is 4.65. The Morgan fingerprint density at radius 3 is 3.25 bits per heavy atom. The molecule has 2 atom stereocenters.